The number of nitrogens with zero attached hydrogens (tertiary/aromatic N) is 1. The SMILES string of the molecule is CC(N)(C(=O)NC1CCN(C2CC2)CC1)C1CC1. The van der Waals surface area contributed by atoms with E-state index in [1.54, 1.807) is 0 Å². The Morgan fingerprint density at radius 1 is 1.17 bits per heavy atom. The number of hydrogen-bond acceptors (Lipinski definition) is 3. The standard InChI is InChI=1S/C14H25N3O/c1-14(15,10-2-3-10)13(18)16-11-6-8-17(9-7-11)12-4-5-12/h10-12H,2-9,15H2,1H3,(H,16,18). The van der Waals surface area contributed by atoms with Gasteiger partial charge in [0.05, 0.1) is 5.54 Å². The van der Waals surface area contributed by atoms with E-state index in [4.69, 9.17) is 5.73 Å². The zero-order valence-corrected chi connectivity index (χ0v) is 11.3. The number of nitrogens with one attached hydrogen (secondary N) is 1. The number of carbonyl (C=O) groups is 1. The summed E-state index contributed by atoms with van der Waals surface area (Å²) in [6.45, 7) is 4.17. The first-order valence-electron chi connectivity index (χ1n) is 7.41. The number of nitrogens with two attached hydrogens (primary N) is 1. The molecule has 1 heterocycles. The molecule has 2 aliphatic carbocycles. The molecule has 0 radical (unpaired) electrons. The lowest BCUT2D eigenvalue weighted by atomic mass is 9.94. The maximum atomic E-state index is 12.2. The van der Waals surface area contributed by atoms with Crippen LogP contribution in [-0.2, 0) is 4.79 Å². The molecule has 0 aromatic rings. The largest absolute Gasteiger partial charge is 0.352 e. The minimum Gasteiger partial charge on any atom is -0.352 e. The molecule has 3 rings (SSSR count). The maximum Gasteiger partial charge on any atom is 0.240 e. The first kappa shape index (κ1) is 12.4. The zero-order chi connectivity index (χ0) is 12.8. The predicted octanol–water partition coefficient (Wildman–Crippen LogP) is 0.857. The number of rotatable bonds is 4. The van der Waals surface area contributed by atoms with E-state index in [1.807, 2.05) is 6.92 Å². The van der Waals surface area contributed by atoms with E-state index in [-0.39, 0.29) is 5.91 Å². The molecule has 1 amide bonds. The summed E-state index contributed by atoms with van der Waals surface area (Å²) < 4.78 is 0. The van der Waals surface area contributed by atoms with Crippen LogP contribution >= 0.6 is 0 Å². The van der Waals surface area contributed by atoms with Crippen LogP contribution in [-0.4, -0.2) is 41.5 Å². The van der Waals surface area contributed by atoms with E-state index in [0.29, 0.717) is 12.0 Å². The van der Waals surface area contributed by atoms with E-state index in [9.17, 15) is 4.79 Å². The fourth-order valence-corrected chi connectivity index (χ4v) is 3.06. The van der Waals surface area contributed by atoms with Gasteiger partial charge in [-0.15, -0.1) is 0 Å². The molecule has 2 saturated carbocycles. The van der Waals surface area contributed by atoms with Crippen LogP contribution in [0.25, 0.3) is 0 Å². The van der Waals surface area contributed by atoms with Crippen LogP contribution in [0.15, 0.2) is 0 Å². The van der Waals surface area contributed by atoms with Gasteiger partial charge in [0.15, 0.2) is 0 Å². The van der Waals surface area contributed by atoms with Crippen molar-refractivity contribution >= 4 is 5.91 Å². The fraction of sp³-hybridized carbons (Fsp3) is 0.929. The third kappa shape index (κ3) is 2.54. The molecule has 0 bridgehead atoms. The van der Waals surface area contributed by atoms with E-state index in [1.165, 1.54) is 12.8 Å². The second-order valence-electron chi connectivity index (χ2n) is 6.57. The van der Waals surface area contributed by atoms with Gasteiger partial charge < -0.3 is 16.0 Å². The van der Waals surface area contributed by atoms with Crippen LogP contribution in [0.1, 0.15) is 45.4 Å². The van der Waals surface area contributed by atoms with Gasteiger partial charge in [-0.2, -0.15) is 0 Å². The fourth-order valence-electron chi connectivity index (χ4n) is 3.06. The van der Waals surface area contributed by atoms with Gasteiger partial charge in [-0.25, -0.2) is 0 Å². The molecule has 0 spiro atoms. The number of amides is 1. The molecule has 4 heteroatoms. The highest BCUT2D eigenvalue weighted by molar-refractivity contribution is 5.86. The van der Waals surface area contributed by atoms with Crippen LogP contribution in [0, 0.1) is 5.92 Å². The summed E-state index contributed by atoms with van der Waals surface area (Å²) >= 11 is 0. The van der Waals surface area contributed by atoms with Crippen molar-refractivity contribution in [3.8, 4) is 0 Å². The normalized spacial score (nSPS) is 29.9. The van der Waals surface area contributed by atoms with Crippen molar-refractivity contribution in [1.29, 1.82) is 0 Å². The van der Waals surface area contributed by atoms with Crippen molar-refractivity contribution in [3.63, 3.8) is 0 Å². The molecule has 102 valence electrons. The Labute approximate surface area is 109 Å². The summed E-state index contributed by atoms with van der Waals surface area (Å²) in [4.78, 5) is 14.8. The third-order valence-corrected chi connectivity index (χ3v) is 4.84. The summed E-state index contributed by atoms with van der Waals surface area (Å²) in [6, 6.07) is 1.20. The highest BCUT2D eigenvalue weighted by atomic mass is 16.2. The molecule has 1 aliphatic heterocycles. The Kier molecular flexibility index (Phi) is 3.10. The Morgan fingerprint density at radius 3 is 2.28 bits per heavy atom. The average Bonchev–Trinajstić information content (AvgIpc) is 3.18. The smallest absolute Gasteiger partial charge is 0.240 e. The third-order valence-electron chi connectivity index (χ3n) is 4.84. The van der Waals surface area contributed by atoms with E-state index in [0.717, 1.165) is 44.8 Å². The lowest BCUT2D eigenvalue weighted by Crippen LogP contribution is -2.57. The number of likely N-dealkylation sites (tertiary alicyclic amines) is 1. The first-order valence-corrected chi connectivity index (χ1v) is 7.41. The number of carbonyl (C=O) groups excluding carboxylic acids is 1. The highest BCUT2D eigenvalue weighted by Crippen LogP contribution is 2.38. The molecule has 3 aliphatic rings. The van der Waals surface area contributed by atoms with Crippen molar-refractivity contribution in [2.45, 2.75) is 63.1 Å². The monoisotopic (exact) mass is 251 g/mol. The summed E-state index contributed by atoms with van der Waals surface area (Å²) in [6.07, 6.45) is 7.15. The summed E-state index contributed by atoms with van der Waals surface area (Å²) in [5.74, 6) is 0.471. The second kappa shape index (κ2) is 4.49. The molecule has 3 N–H and O–H groups in total. The van der Waals surface area contributed by atoms with Gasteiger partial charge in [-0.3, -0.25) is 4.79 Å². The summed E-state index contributed by atoms with van der Waals surface area (Å²) in [5, 5.41) is 3.17. The van der Waals surface area contributed by atoms with Gasteiger partial charge in [-0.1, -0.05) is 0 Å². The quantitative estimate of drug-likeness (QED) is 0.779. The molecular weight excluding hydrogens is 226 g/mol. The molecular formula is C14H25N3O. The van der Waals surface area contributed by atoms with Crippen molar-refractivity contribution < 1.29 is 4.79 Å². The van der Waals surface area contributed by atoms with Crippen molar-refractivity contribution in [3.05, 3.63) is 0 Å². The zero-order valence-electron chi connectivity index (χ0n) is 11.3. The van der Waals surface area contributed by atoms with Crippen molar-refractivity contribution in [1.82, 2.24) is 10.2 Å². The lowest BCUT2D eigenvalue weighted by molar-refractivity contribution is -0.127. The number of piperidine rings is 1. The van der Waals surface area contributed by atoms with Crippen LogP contribution < -0.4 is 11.1 Å². The van der Waals surface area contributed by atoms with Crippen LogP contribution in [0.4, 0.5) is 0 Å². The summed E-state index contributed by atoms with van der Waals surface area (Å²) in [5.41, 5.74) is 5.50. The molecule has 0 aromatic heterocycles. The van der Waals surface area contributed by atoms with Gasteiger partial charge in [0, 0.05) is 25.2 Å². The molecule has 1 unspecified atom stereocenters. The van der Waals surface area contributed by atoms with Crippen molar-refractivity contribution in [2.24, 2.45) is 11.7 Å². The Balaban J connectivity index is 1.46. The molecule has 4 nitrogen and oxygen atoms in total. The molecule has 0 aromatic carbocycles. The van der Waals surface area contributed by atoms with Crippen molar-refractivity contribution in [2.75, 3.05) is 13.1 Å². The minimum atomic E-state index is -0.645. The van der Waals surface area contributed by atoms with E-state index < -0.39 is 5.54 Å². The summed E-state index contributed by atoms with van der Waals surface area (Å²) in [7, 11) is 0. The highest BCUT2D eigenvalue weighted by Gasteiger charge is 2.44. The Hall–Kier alpha value is -0.610. The van der Waals surface area contributed by atoms with Crippen LogP contribution in [0.2, 0.25) is 0 Å². The van der Waals surface area contributed by atoms with Crippen LogP contribution in [0.3, 0.4) is 0 Å². The predicted molar refractivity (Wildman–Crippen MR) is 71.1 cm³/mol. The Bertz CT molecular complexity index is 326. The van der Waals surface area contributed by atoms with E-state index in [2.05, 4.69) is 10.2 Å². The molecule has 18 heavy (non-hydrogen) atoms. The maximum absolute atomic E-state index is 12.2. The Morgan fingerprint density at radius 2 is 1.78 bits per heavy atom. The number of hydrogen-bond donors (Lipinski definition) is 2. The van der Waals surface area contributed by atoms with Gasteiger partial charge in [-0.05, 0) is 51.4 Å². The van der Waals surface area contributed by atoms with Crippen LogP contribution in [0.5, 0.6) is 0 Å². The van der Waals surface area contributed by atoms with Gasteiger partial charge in [0.1, 0.15) is 0 Å². The molecule has 1 saturated heterocycles. The van der Waals surface area contributed by atoms with Gasteiger partial charge in [0.2, 0.25) is 5.91 Å². The second-order valence-corrected chi connectivity index (χ2v) is 6.57. The van der Waals surface area contributed by atoms with Gasteiger partial charge >= 0.3 is 0 Å². The topological polar surface area (TPSA) is 58.4 Å². The minimum absolute atomic E-state index is 0.0647. The first-order chi connectivity index (χ1) is 8.57. The molecule has 3 fully saturated rings. The van der Waals surface area contributed by atoms with Gasteiger partial charge in [0.25, 0.3) is 0 Å². The average molecular weight is 251 g/mol. The van der Waals surface area contributed by atoms with E-state index >= 15 is 0 Å². The lowest BCUT2D eigenvalue weighted by Gasteiger charge is -2.34. The molecule has 1 atom stereocenters.